The molecule has 0 spiro atoms. The molecule has 84 valence electrons. The summed E-state index contributed by atoms with van der Waals surface area (Å²) >= 11 is 0. The van der Waals surface area contributed by atoms with Crippen molar-refractivity contribution in [1.82, 2.24) is 0 Å². The Kier molecular flexibility index (Phi) is 4.63. The summed E-state index contributed by atoms with van der Waals surface area (Å²) in [5.74, 6) is -2.97. The molecule has 0 aromatic carbocycles. The summed E-state index contributed by atoms with van der Waals surface area (Å²) in [6.45, 7) is 2.28. The molecule has 0 aromatic heterocycles. The topological polar surface area (TPSA) is 86.7 Å². The zero-order chi connectivity index (χ0) is 12.1. The largest absolute Gasteiger partial charge is 0.468 e. The van der Waals surface area contributed by atoms with E-state index in [9.17, 15) is 19.2 Å². The molecule has 0 rings (SSSR count). The summed E-state index contributed by atoms with van der Waals surface area (Å²) in [5, 5.41) is 0. The Morgan fingerprint density at radius 1 is 1.33 bits per heavy atom. The Labute approximate surface area is 86.5 Å². The first-order valence-electron chi connectivity index (χ1n) is 4.09. The number of aldehydes is 1. The van der Waals surface area contributed by atoms with Crippen LogP contribution in [0.5, 0.6) is 0 Å². The van der Waals surface area contributed by atoms with Crippen LogP contribution in [0.4, 0.5) is 0 Å². The quantitative estimate of drug-likeness (QED) is 0.338. The Morgan fingerprint density at radius 3 is 2.13 bits per heavy atom. The van der Waals surface area contributed by atoms with Crippen molar-refractivity contribution in [3.8, 4) is 0 Å². The van der Waals surface area contributed by atoms with Crippen molar-refractivity contribution < 1.29 is 28.7 Å². The van der Waals surface area contributed by atoms with E-state index in [1.807, 2.05) is 0 Å². The Morgan fingerprint density at radius 2 is 1.87 bits per heavy atom. The standard InChI is InChI=1S/C9H12O6/c1-6(12)7(8(13)14-3)9(2,4-10)15-5-11/h4-5,7H,1-3H3. The van der Waals surface area contributed by atoms with Gasteiger partial charge >= 0.3 is 5.97 Å². The third kappa shape index (κ3) is 2.87. The second kappa shape index (κ2) is 5.23. The van der Waals surface area contributed by atoms with E-state index in [1.54, 1.807) is 0 Å². The van der Waals surface area contributed by atoms with Crippen LogP contribution >= 0.6 is 0 Å². The summed E-state index contributed by atoms with van der Waals surface area (Å²) in [6, 6.07) is 0. The van der Waals surface area contributed by atoms with Crippen LogP contribution in [0.25, 0.3) is 0 Å². The molecule has 0 saturated carbocycles. The summed E-state index contributed by atoms with van der Waals surface area (Å²) in [5.41, 5.74) is -1.82. The first kappa shape index (κ1) is 13.3. The van der Waals surface area contributed by atoms with Crippen LogP contribution in [0.3, 0.4) is 0 Å². The van der Waals surface area contributed by atoms with Gasteiger partial charge in [0.25, 0.3) is 6.47 Å². The molecule has 15 heavy (non-hydrogen) atoms. The molecule has 0 heterocycles. The van der Waals surface area contributed by atoms with Gasteiger partial charge in [0.05, 0.1) is 7.11 Å². The van der Waals surface area contributed by atoms with E-state index in [2.05, 4.69) is 9.47 Å². The van der Waals surface area contributed by atoms with Gasteiger partial charge in [-0.1, -0.05) is 0 Å². The molecule has 2 atom stereocenters. The molecule has 0 aliphatic heterocycles. The Bertz CT molecular complexity index is 284. The van der Waals surface area contributed by atoms with Crippen molar-refractivity contribution in [3.63, 3.8) is 0 Å². The lowest BCUT2D eigenvalue weighted by Gasteiger charge is -2.26. The van der Waals surface area contributed by atoms with E-state index < -0.39 is 23.3 Å². The average molecular weight is 216 g/mol. The minimum atomic E-state index is -1.82. The zero-order valence-electron chi connectivity index (χ0n) is 8.68. The summed E-state index contributed by atoms with van der Waals surface area (Å²) < 4.78 is 8.81. The molecule has 0 radical (unpaired) electrons. The molecule has 0 saturated heterocycles. The van der Waals surface area contributed by atoms with Crippen LogP contribution in [0.1, 0.15) is 13.8 Å². The predicted molar refractivity (Wildman–Crippen MR) is 47.8 cm³/mol. The minimum Gasteiger partial charge on any atom is -0.468 e. The molecular formula is C9H12O6. The molecule has 0 N–H and O–H groups in total. The van der Waals surface area contributed by atoms with Gasteiger partial charge in [-0.05, 0) is 13.8 Å². The van der Waals surface area contributed by atoms with Crippen LogP contribution in [0.2, 0.25) is 0 Å². The first-order valence-corrected chi connectivity index (χ1v) is 4.09. The number of carbonyl (C=O) groups excluding carboxylic acids is 4. The van der Waals surface area contributed by atoms with Gasteiger partial charge in [-0.3, -0.25) is 19.2 Å². The number of rotatable bonds is 6. The Hall–Kier alpha value is -1.72. The lowest BCUT2D eigenvalue weighted by Crippen LogP contribution is -2.47. The molecule has 6 nitrogen and oxygen atoms in total. The summed E-state index contributed by atoms with van der Waals surface area (Å²) in [4.78, 5) is 43.3. The van der Waals surface area contributed by atoms with Crippen LogP contribution in [0.15, 0.2) is 0 Å². The van der Waals surface area contributed by atoms with Crippen LogP contribution in [-0.4, -0.2) is 37.2 Å². The van der Waals surface area contributed by atoms with Crippen molar-refractivity contribution in [2.75, 3.05) is 7.11 Å². The molecule has 0 aliphatic carbocycles. The summed E-state index contributed by atoms with van der Waals surface area (Å²) in [7, 11) is 1.07. The fourth-order valence-corrected chi connectivity index (χ4v) is 1.19. The van der Waals surface area contributed by atoms with Gasteiger partial charge in [-0.2, -0.15) is 0 Å². The van der Waals surface area contributed by atoms with Gasteiger partial charge in [0.2, 0.25) is 0 Å². The van der Waals surface area contributed by atoms with Crippen molar-refractivity contribution in [2.45, 2.75) is 19.4 Å². The highest BCUT2D eigenvalue weighted by Crippen LogP contribution is 2.21. The third-order valence-electron chi connectivity index (χ3n) is 1.95. The monoisotopic (exact) mass is 216 g/mol. The number of hydrogen-bond donors (Lipinski definition) is 0. The van der Waals surface area contributed by atoms with E-state index >= 15 is 0 Å². The number of esters is 1. The van der Waals surface area contributed by atoms with Crippen molar-refractivity contribution in [1.29, 1.82) is 0 Å². The van der Waals surface area contributed by atoms with Gasteiger partial charge in [0.1, 0.15) is 5.78 Å². The molecule has 6 heteroatoms. The van der Waals surface area contributed by atoms with Gasteiger partial charge in [0.15, 0.2) is 17.8 Å². The van der Waals surface area contributed by atoms with E-state index in [4.69, 9.17) is 0 Å². The molecule has 0 aromatic rings. The highest BCUT2D eigenvalue weighted by molar-refractivity contribution is 6.02. The molecule has 2 unspecified atom stereocenters. The lowest BCUT2D eigenvalue weighted by molar-refractivity contribution is -0.169. The first-order chi connectivity index (χ1) is 6.92. The molecular weight excluding hydrogens is 204 g/mol. The molecule has 0 fully saturated rings. The highest BCUT2D eigenvalue weighted by Gasteiger charge is 2.45. The summed E-state index contributed by atoms with van der Waals surface area (Å²) in [6.07, 6.45) is 0.227. The second-order valence-electron chi connectivity index (χ2n) is 3.08. The average Bonchev–Trinajstić information content (AvgIpc) is 2.17. The normalized spacial score (nSPS) is 15.7. The fraction of sp³-hybridized carbons (Fsp3) is 0.556. The third-order valence-corrected chi connectivity index (χ3v) is 1.95. The van der Waals surface area contributed by atoms with Crippen LogP contribution < -0.4 is 0 Å². The van der Waals surface area contributed by atoms with E-state index in [0.717, 1.165) is 21.0 Å². The maximum atomic E-state index is 11.2. The number of carbonyl (C=O) groups is 4. The van der Waals surface area contributed by atoms with Crippen molar-refractivity contribution in [2.24, 2.45) is 5.92 Å². The van der Waals surface area contributed by atoms with Gasteiger partial charge in [-0.15, -0.1) is 0 Å². The number of Topliss-reactive ketones (excluding diaryl/α,β-unsaturated/α-hetero) is 1. The van der Waals surface area contributed by atoms with Gasteiger partial charge < -0.3 is 9.47 Å². The van der Waals surface area contributed by atoms with Crippen LogP contribution in [0, 0.1) is 5.92 Å². The minimum absolute atomic E-state index is 0.00722. The maximum absolute atomic E-state index is 11.2. The number of ketones is 1. The molecule has 0 bridgehead atoms. The predicted octanol–water partition coefficient (Wildman–Crippen LogP) is -0.505. The lowest BCUT2D eigenvalue weighted by atomic mass is 9.87. The highest BCUT2D eigenvalue weighted by atomic mass is 16.6. The fourth-order valence-electron chi connectivity index (χ4n) is 1.19. The van der Waals surface area contributed by atoms with E-state index in [-0.39, 0.29) is 12.8 Å². The number of methoxy groups -OCH3 is 1. The van der Waals surface area contributed by atoms with E-state index in [0.29, 0.717) is 0 Å². The van der Waals surface area contributed by atoms with Crippen LogP contribution in [-0.2, 0) is 28.7 Å². The Balaban J connectivity index is 5.18. The second-order valence-corrected chi connectivity index (χ2v) is 3.08. The SMILES string of the molecule is COC(=O)C(C(C)=O)C(C)(C=O)OC=O. The molecule has 0 aliphatic rings. The number of hydrogen-bond acceptors (Lipinski definition) is 6. The van der Waals surface area contributed by atoms with Crippen molar-refractivity contribution in [3.05, 3.63) is 0 Å². The van der Waals surface area contributed by atoms with E-state index in [1.165, 1.54) is 0 Å². The van der Waals surface area contributed by atoms with Gasteiger partial charge in [0, 0.05) is 0 Å². The van der Waals surface area contributed by atoms with Crippen molar-refractivity contribution >= 4 is 24.5 Å². The number of ether oxygens (including phenoxy) is 2. The zero-order valence-corrected chi connectivity index (χ0v) is 8.68. The molecule has 0 amide bonds. The maximum Gasteiger partial charge on any atom is 0.320 e. The smallest absolute Gasteiger partial charge is 0.320 e. The van der Waals surface area contributed by atoms with Gasteiger partial charge in [-0.25, -0.2) is 0 Å².